The van der Waals surface area contributed by atoms with E-state index in [1.165, 1.54) is 25.7 Å². The normalized spacial score (nSPS) is 37.8. The molecule has 2 aliphatic heterocycles. The average Bonchev–Trinajstić information content (AvgIpc) is 2.53. The van der Waals surface area contributed by atoms with Crippen LogP contribution < -0.4 is 0 Å². The molecule has 1 nitrogen and oxygen atoms in total. The summed E-state index contributed by atoms with van der Waals surface area (Å²) in [5.41, 5.74) is 0. The van der Waals surface area contributed by atoms with Gasteiger partial charge in [-0.3, -0.25) is 0 Å². The molecule has 0 aromatic heterocycles. The predicted molar refractivity (Wildman–Crippen MR) is 38.4 cm³/mol. The van der Waals surface area contributed by atoms with Crippen molar-refractivity contribution in [3.63, 3.8) is 0 Å². The van der Waals surface area contributed by atoms with E-state index in [0.29, 0.717) is 12.2 Å². The van der Waals surface area contributed by atoms with E-state index in [-0.39, 0.29) is 0 Å². The van der Waals surface area contributed by atoms with Crippen LogP contribution in [-0.4, -0.2) is 12.2 Å². The average molecular weight is 126 g/mol. The van der Waals surface area contributed by atoms with Crippen molar-refractivity contribution in [2.24, 2.45) is 0 Å². The zero-order chi connectivity index (χ0) is 6.69. The van der Waals surface area contributed by atoms with Gasteiger partial charge in [-0.25, -0.2) is 0 Å². The van der Waals surface area contributed by atoms with Gasteiger partial charge in [-0.2, -0.15) is 0 Å². The maximum Gasteiger partial charge on any atom is 0.0580 e. The lowest BCUT2D eigenvalue weighted by Crippen LogP contribution is -1.98. The SMILES string of the molecule is C1CC2CCC1O2.C=C. The Morgan fingerprint density at radius 3 is 1.33 bits per heavy atom. The molecule has 0 atom stereocenters. The van der Waals surface area contributed by atoms with E-state index in [4.69, 9.17) is 4.74 Å². The Morgan fingerprint density at radius 1 is 0.889 bits per heavy atom. The van der Waals surface area contributed by atoms with Crippen LogP contribution >= 0.6 is 0 Å². The van der Waals surface area contributed by atoms with E-state index in [1.807, 2.05) is 0 Å². The van der Waals surface area contributed by atoms with Crippen molar-refractivity contribution < 1.29 is 4.74 Å². The Hall–Kier alpha value is -0.300. The van der Waals surface area contributed by atoms with Gasteiger partial charge >= 0.3 is 0 Å². The zero-order valence-corrected chi connectivity index (χ0v) is 5.81. The standard InChI is InChI=1S/C6H10O.C2H4/c1-2-6-4-3-5(1)7-6;1-2/h5-6H,1-4H2;1-2H2. The molecule has 2 heterocycles. The minimum absolute atomic E-state index is 0.671. The number of ether oxygens (including phenoxy) is 1. The zero-order valence-electron chi connectivity index (χ0n) is 5.81. The van der Waals surface area contributed by atoms with Crippen molar-refractivity contribution in [2.45, 2.75) is 37.9 Å². The molecule has 2 saturated heterocycles. The quantitative estimate of drug-likeness (QED) is 0.452. The first-order valence-corrected chi connectivity index (χ1v) is 3.60. The third kappa shape index (κ3) is 1.33. The molecule has 0 amide bonds. The first-order chi connectivity index (χ1) is 4.45. The van der Waals surface area contributed by atoms with Crippen LogP contribution in [0.25, 0.3) is 0 Å². The lowest BCUT2D eigenvalue weighted by molar-refractivity contribution is 0.105. The van der Waals surface area contributed by atoms with E-state index < -0.39 is 0 Å². The van der Waals surface area contributed by atoms with Gasteiger partial charge in [-0.1, -0.05) is 0 Å². The monoisotopic (exact) mass is 126 g/mol. The van der Waals surface area contributed by atoms with Gasteiger partial charge in [0.15, 0.2) is 0 Å². The maximum absolute atomic E-state index is 5.47. The van der Waals surface area contributed by atoms with Crippen molar-refractivity contribution in [2.75, 3.05) is 0 Å². The van der Waals surface area contributed by atoms with Crippen LogP contribution in [0.3, 0.4) is 0 Å². The molecule has 2 aliphatic rings. The summed E-state index contributed by atoms with van der Waals surface area (Å²) >= 11 is 0. The Morgan fingerprint density at radius 2 is 1.22 bits per heavy atom. The molecule has 0 aromatic rings. The van der Waals surface area contributed by atoms with Crippen LogP contribution in [0, 0.1) is 0 Å². The number of rotatable bonds is 0. The third-order valence-corrected chi connectivity index (χ3v) is 2.01. The van der Waals surface area contributed by atoms with Crippen LogP contribution in [0.2, 0.25) is 0 Å². The van der Waals surface area contributed by atoms with Crippen LogP contribution in [0.4, 0.5) is 0 Å². The van der Waals surface area contributed by atoms with Gasteiger partial charge in [-0.15, -0.1) is 13.2 Å². The molecule has 9 heavy (non-hydrogen) atoms. The second-order valence-electron chi connectivity index (χ2n) is 2.53. The fourth-order valence-corrected chi connectivity index (χ4v) is 1.58. The Labute approximate surface area is 56.7 Å². The van der Waals surface area contributed by atoms with Gasteiger partial charge in [0.2, 0.25) is 0 Å². The summed E-state index contributed by atoms with van der Waals surface area (Å²) in [6.07, 6.45) is 6.69. The van der Waals surface area contributed by atoms with Gasteiger partial charge < -0.3 is 4.74 Å². The van der Waals surface area contributed by atoms with E-state index in [1.54, 1.807) is 0 Å². The molecule has 2 fully saturated rings. The number of fused-ring (bicyclic) bond motifs is 2. The third-order valence-electron chi connectivity index (χ3n) is 2.01. The van der Waals surface area contributed by atoms with Crippen molar-refractivity contribution in [3.05, 3.63) is 13.2 Å². The maximum atomic E-state index is 5.47. The summed E-state index contributed by atoms with van der Waals surface area (Å²) in [6.45, 7) is 6.00. The molecule has 0 aromatic carbocycles. The number of hydrogen-bond acceptors (Lipinski definition) is 1. The molecular weight excluding hydrogens is 112 g/mol. The lowest BCUT2D eigenvalue weighted by Gasteiger charge is -2.00. The van der Waals surface area contributed by atoms with E-state index in [0.717, 1.165) is 0 Å². The summed E-state index contributed by atoms with van der Waals surface area (Å²) in [5, 5.41) is 0. The van der Waals surface area contributed by atoms with E-state index in [2.05, 4.69) is 13.2 Å². The van der Waals surface area contributed by atoms with Crippen LogP contribution in [0.5, 0.6) is 0 Å². The van der Waals surface area contributed by atoms with Crippen LogP contribution in [0.1, 0.15) is 25.7 Å². The van der Waals surface area contributed by atoms with Crippen LogP contribution in [0.15, 0.2) is 13.2 Å². The minimum atomic E-state index is 0.671. The highest BCUT2D eigenvalue weighted by Gasteiger charge is 2.31. The summed E-state index contributed by atoms with van der Waals surface area (Å²) in [6, 6.07) is 0. The summed E-state index contributed by atoms with van der Waals surface area (Å²) in [5.74, 6) is 0. The predicted octanol–water partition coefficient (Wildman–Crippen LogP) is 2.13. The Balaban J connectivity index is 0.000000186. The summed E-state index contributed by atoms with van der Waals surface area (Å²) in [4.78, 5) is 0. The van der Waals surface area contributed by atoms with Crippen LogP contribution in [-0.2, 0) is 4.74 Å². The van der Waals surface area contributed by atoms with Crippen molar-refractivity contribution in [1.82, 2.24) is 0 Å². The fraction of sp³-hybridized carbons (Fsp3) is 0.750. The molecule has 0 unspecified atom stereocenters. The van der Waals surface area contributed by atoms with Gasteiger partial charge in [-0.05, 0) is 25.7 Å². The van der Waals surface area contributed by atoms with Gasteiger partial charge in [0.25, 0.3) is 0 Å². The fourth-order valence-electron chi connectivity index (χ4n) is 1.58. The topological polar surface area (TPSA) is 9.23 Å². The molecule has 0 aliphatic carbocycles. The molecule has 0 N–H and O–H groups in total. The smallest absolute Gasteiger partial charge is 0.0580 e. The number of hydrogen-bond donors (Lipinski definition) is 0. The highest BCUT2D eigenvalue weighted by Crippen LogP contribution is 2.33. The highest BCUT2D eigenvalue weighted by molar-refractivity contribution is 4.81. The lowest BCUT2D eigenvalue weighted by atomic mass is 10.0. The van der Waals surface area contributed by atoms with Gasteiger partial charge in [0.1, 0.15) is 0 Å². The molecule has 2 bridgehead atoms. The summed E-state index contributed by atoms with van der Waals surface area (Å²) in [7, 11) is 0. The molecule has 2 rings (SSSR count). The van der Waals surface area contributed by atoms with Crippen molar-refractivity contribution >= 4 is 0 Å². The molecular formula is C8H14O. The second-order valence-corrected chi connectivity index (χ2v) is 2.53. The minimum Gasteiger partial charge on any atom is -0.375 e. The molecule has 52 valence electrons. The Bertz CT molecular complexity index is 72.6. The highest BCUT2D eigenvalue weighted by atomic mass is 16.5. The second kappa shape index (κ2) is 3.02. The van der Waals surface area contributed by atoms with Crippen molar-refractivity contribution in [3.8, 4) is 0 Å². The van der Waals surface area contributed by atoms with E-state index >= 15 is 0 Å². The Kier molecular flexibility index (Phi) is 2.29. The largest absolute Gasteiger partial charge is 0.375 e. The first-order valence-electron chi connectivity index (χ1n) is 3.60. The van der Waals surface area contributed by atoms with Gasteiger partial charge in [0.05, 0.1) is 12.2 Å². The molecule has 1 heteroatoms. The van der Waals surface area contributed by atoms with E-state index in [9.17, 15) is 0 Å². The van der Waals surface area contributed by atoms with Gasteiger partial charge in [0, 0.05) is 0 Å². The van der Waals surface area contributed by atoms with Crippen molar-refractivity contribution in [1.29, 1.82) is 0 Å². The molecule has 0 spiro atoms. The summed E-state index contributed by atoms with van der Waals surface area (Å²) < 4.78 is 5.47. The molecule has 0 saturated carbocycles. The first kappa shape index (κ1) is 6.81. The molecule has 0 radical (unpaired) electrons.